The van der Waals surface area contributed by atoms with Gasteiger partial charge in [-0.1, -0.05) is 55.4 Å². The SMILES string of the molecule is CC[Si](C)(C)OC(=O)CCC(C)C1CCC2C3C(C[C@H](O[Si](C)(C)CC)C12C)C1(C)CC[C@@H](O[Si](C)(C)CC)C[C@@]1(O[Si](C)(C)CC)C[C@H]3O[Si](C)(C)CC. The zero-order chi connectivity index (χ0) is 41.6. The van der Waals surface area contributed by atoms with Gasteiger partial charge in [-0.25, -0.2) is 0 Å². The van der Waals surface area contributed by atoms with Gasteiger partial charge in [-0.05, 0) is 175 Å². The van der Waals surface area contributed by atoms with Crippen molar-refractivity contribution in [1.29, 1.82) is 0 Å². The van der Waals surface area contributed by atoms with Crippen molar-refractivity contribution in [2.75, 3.05) is 0 Å². The van der Waals surface area contributed by atoms with Crippen LogP contribution in [0.1, 0.15) is 113 Å². The van der Waals surface area contributed by atoms with Crippen LogP contribution in [-0.2, 0) is 26.9 Å². The molecule has 11 heteroatoms. The maximum atomic E-state index is 13.2. The normalized spacial score (nSPS) is 36.5. The van der Waals surface area contributed by atoms with E-state index >= 15 is 0 Å². The topological polar surface area (TPSA) is 63.2 Å². The van der Waals surface area contributed by atoms with Crippen LogP contribution in [0.3, 0.4) is 0 Å². The summed E-state index contributed by atoms with van der Waals surface area (Å²) in [6, 6.07) is 5.48. The molecule has 0 aromatic rings. The number of hydrogen-bond donors (Lipinski definition) is 0. The molecule has 4 saturated carbocycles. The van der Waals surface area contributed by atoms with Crippen LogP contribution in [0.4, 0.5) is 0 Å². The summed E-state index contributed by atoms with van der Waals surface area (Å²) >= 11 is 0. The van der Waals surface area contributed by atoms with Crippen LogP contribution in [0.5, 0.6) is 0 Å². The first-order valence-corrected chi connectivity index (χ1v) is 38.7. The summed E-state index contributed by atoms with van der Waals surface area (Å²) in [5, 5.41) is 0. The summed E-state index contributed by atoms with van der Waals surface area (Å²) in [6.45, 7) is 43.2. The van der Waals surface area contributed by atoms with Gasteiger partial charge in [-0.2, -0.15) is 0 Å². The Morgan fingerprint density at radius 1 is 0.673 bits per heavy atom. The quantitative estimate of drug-likeness (QED) is 0.128. The highest BCUT2D eigenvalue weighted by molar-refractivity contribution is 6.73. The minimum atomic E-state index is -1.99. The average molecular weight is 856 g/mol. The van der Waals surface area contributed by atoms with Gasteiger partial charge >= 0.3 is 0 Å². The molecule has 4 aliphatic carbocycles. The Morgan fingerprint density at radius 3 is 1.78 bits per heavy atom. The van der Waals surface area contributed by atoms with Crippen LogP contribution in [0.2, 0.25) is 95.7 Å². The lowest BCUT2D eigenvalue weighted by Gasteiger charge is -2.70. The molecule has 0 aromatic carbocycles. The number of rotatable bonds is 18. The predicted octanol–water partition coefficient (Wildman–Crippen LogP) is 13.2. The van der Waals surface area contributed by atoms with E-state index in [2.05, 4.69) is 121 Å². The first-order chi connectivity index (χ1) is 25.2. The molecule has 0 amide bonds. The van der Waals surface area contributed by atoms with E-state index in [0.29, 0.717) is 36.0 Å². The van der Waals surface area contributed by atoms with Crippen LogP contribution in [-0.4, -0.2) is 71.5 Å². The second-order valence-electron chi connectivity index (χ2n) is 22.6. The minimum Gasteiger partial charge on any atom is -0.520 e. The number of carbonyl (C=O) groups excluding carboxylic acids is 1. The fourth-order valence-electron chi connectivity index (χ4n) is 11.7. The summed E-state index contributed by atoms with van der Waals surface area (Å²) in [7, 11) is -9.56. The first-order valence-electron chi connectivity index (χ1n) is 23.1. The van der Waals surface area contributed by atoms with E-state index in [1.807, 2.05) is 0 Å². The summed E-state index contributed by atoms with van der Waals surface area (Å²) in [4.78, 5) is 13.2. The van der Waals surface area contributed by atoms with E-state index in [-0.39, 0.29) is 40.7 Å². The summed E-state index contributed by atoms with van der Waals surface area (Å²) in [5.41, 5.74) is -0.204. The van der Waals surface area contributed by atoms with E-state index in [1.165, 1.54) is 12.8 Å². The maximum Gasteiger partial charge on any atom is 0.292 e. The van der Waals surface area contributed by atoms with Gasteiger partial charge in [0, 0.05) is 25.4 Å². The predicted molar refractivity (Wildman–Crippen MR) is 245 cm³/mol. The van der Waals surface area contributed by atoms with Crippen molar-refractivity contribution in [3.8, 4) is 0 Å². The molecule has 0 N–H and O–H groups in total. The fourth-order valence-corrected chi connectivity index (χ4v) is 18.0. The Labute approximate surface area is 346 Å². The monoisotopic (exact) mass is 855 g/mol. The number of hydrogen-bond acceptors (Lipinski definition) is 6. The molecule has 0 aromatic heterocycles. The molecule has 0 aliphatic heterocycles. The molecule has 0 heterocycles. The van der Waals surface area contributed by atoms with Crippen LogP contribution in [0.15, 0.2) is 0 Å². The third kappa shape index (κ3) is 10.3. The van der Waals surface area contributed by atoms with E-state index < -0.39 is 41.6 Å². The second-order valence-corrected chi connectivity index (χ2v) is 44.8. The van der Waals surface area contributed by atoms with Crippen molar-refractivity contribution in [3.63, 3.8) is 0 Å². The Morgan fingerprint density at radius 2 is 1.22 bits per heavy atom. The van der Waals surface area contributed by atoms with Crippen molar-refractivity contribution in [2.45, 2.75) is 233 Å². The Balaban J connectivity index is 1.84. The zero-order valence-electron chi connectivity index (χ0n) is 39.5. The summed E-state index contributed by atoms with van der Waals surface area (Å²) in [5.74, 6) is 2.45. The molecule has 11 atom stereocenters. The highest BCUT2D eigenvalue weighted by atomic mass is 28.4. The molecular formula is C44H90O6Si5. The first kappa shape index (κ1) is 48.1. The van der Waals surface area contributed by atoms with Gasteiger partial charge in [0.25, 0.3) is 5.97 Å². The number of carbonyl (C=O) groups is 1. The van der Waals surface area contributed by atoms with Crippen molar-refractivity contribution in [3.05, 3.63) is 0 Å². The Hall–Kier alpha value is 0.394. The van der Waals surface area contributed by atoms with Gasteiger partial charge in [0.15, 0.2) is 33.3 Å². The molecule has 7 unspecified atom stereocenters. The van der Waals surface area contributed by atoms with Crippen molar-refractivity contribution in [1.82, 2.24) is 0 Å². The van der Waals surface area contributed by atoms with Gasteiger partial charge in [-0.15, -0.1) is 0 Å². The molecular weight excluding hydrogens is 765 g/mol. The molecule has 0 saturated heterocycles. The molecule has 55 heavy (non-hydrogen) atoms. The van der Waals surface area contributed by atoms with E-state index in [4.69, 9.17) is 22.1 Å². The van der Waals surface area contributed by atoms with Gasteiger partial charge in [-0.3, -0.25) is 4.79 Å². The van der Waals surface area contributed by atoms with Crippen molar-refractivity contribution < 1.29 is 26.9 Å². The van der Waals surface area contributed by atoms with Gasteiger partial charge in [0.1, 0.15) is 0 Å². The lowest BCUT2D eigenvalue weighted by Crippen LogP contribution is -2.72. The molecule has 0 bridgehead atoms. The van der Waals surface area contributed by atoms with Crippen LogP contribution in [0, 0.1) is 40.4 Å². The molecule has 322 valence electrons. The highest BCUT2D eigenvalue weighted by Gasteiger charge is 2.71. The zero-order valence-corrected chi connectivity index (χ0v) is 44.5. The molecule has 0 spiro atoms. The van der Waals surface area contributed by atoms with Gasteiger partial charge < -0.3 is 22.1 Å². The van der Waals surface area contributed by atoms with Crippen molar-refractivity contribution in [2.24, 2.45) is 40.4 Å². The minimum absolute atomic E-state index is 0.0148. The van der Waals surface area contributed by atoms with Crippen molar-refractivity contribution >= 4 is 47.6 Å². The standard InChI is InChI=1S/C44H90O6Si5/c1-19-51(9,10)46-34-28-29-42(7)37-30-39(48-53(13,14)21-3)43(8)35(33(6)24-27-40(45)49-54(15,16)22-4)25-26-36(43)41(37)38(47-52(11,12)20-2)32-44(42,31-34)50-55(17,18)23-5/h33-39,41H,19-32H2,1-18H3/t33?,34-,35?,36?,37?,38-,39+,41?,42?,43?,44-/m1/s1. The number of fused-ring (bicyclic) bond motifs is 5. The van der Waals surface area contributed by atoms with Gasteiger partial charge in [0.05, 0.1) is 17.8 Å². The molecule has 4 rings (SSSR count). The summed E-state index contributed by atoms with van der Waals surface area (Å²) < 4.78 is 36.6. The largest absolute Gasteiger partial charge is 0.520 e. The highest BCUT2D eigenvalue weighted by Crippen LogP contribution is 2.71. The van der Waals surface area contributed by atoms with Crippen LogP contribution in [0.25, 0.3) is 0 Å². The van der Waals surface area contributed by atoms with E-state index in [0.717, 1.165) is 68.7 Å². The van der Waals surface area contributed by atoms with Crippen LogP contribution >= 0.6 is 0 Å². The Kier molecular flexibility index (Phi) is 15.2. The molecule has 4 fully saturated rings. The van der Waals surface area contributed by atoms with E-state index in [1.54, 1.807) is 0 Å². The van der Waals surface area contributed by atoms with Gasteiger partial charge in [0.2, 0.25) is 8.32 Å². The fraction of sp³-hybridized carbons (Fsp3) is 0.977. The van der Waals surface area contributed by atoms with Crippen LogP contribution < -0.4 is 0 Å². The molecule has 4 aliphatic rings. The lowest BCUT2D eigenvalue weighted by atomic mass is 9.41. The molecule has 6 nitrogen and oxygen atoms in total. The Bertz CT molecular complexity index is 1310. The molecule has 0 radical (unpaired) electrons. The lowest BCUT2D eigenvalue weighted by molar-refractivity contribution is -0.252. The van der Waals surface area contributed by atoms with E-state index in [9.17, 15) is 4.79 Å². The maximum absolute atomic E-state index is 13.2. The average Bonchev–Trinajstić information content (AvgIpc) is 3.45. The third-order valence-corrected chi connectivity index (χ3v) is 29.9. The smallest absolute Gasteiger partial charge is 0.292 e. The summed E-state index contributed by atoms with van der Waals surface area (Å²) in [6.07, 6.45) is 9.91. The second kappa shape index (κ2) is 17.4. The third-order valence-electron chi connectivity index (χ3n) is 16.9.